The van der Waals surface area contributed by atoms with Gasteiger partial charge in [0.15, 0.2) is 0 Å². The molecule has 0 radical (unpaired) electrons. The first-order valence-corrected chi connectivity index (χ1v) is 11.9. The Kier molecular flexibility index (Phi) is 10.2. The lowest BCUT2D eigenvalue weighted by Crippen LogP contribution is -2.49. The smallest absolute Gasteiger partial charge is 0.242 e. The third kappa shape index (κ3) is 7.06. The molecular formula is C24H31ClN2O2S. The predicted molar refractivity (Wildman–Crippen MR) is 127 cm³/mol. The molecule has 0 aliphatic heterocycles. The molecule has 0 aromatic heterocycles. The molecule has 30 heavy (non-hydrogen) atoms. The normalized spacial score (nSPS) is 11.7. The highest BCUT2D eigenvalue weighted by molar-refractivity contribution is 7.99. The minimum atomic E-state index is -0.514. The maximum Gasteiger partial charge on any atom is 0.242 e. The molecule has 0 aliphatic carbocycles. The van der Waals surface area contributed by atoms with Crippen LogP contribution in [-0.4, -0.2) is 35.1 Å². The van der Waals surface area contributed by atoms with Gasteiger partial charge in [-0.05, 0) is 42.5 Å². The second-order valence-corrected chi connectivity index (χ2v) is 8.64. The number of rotatable bonds is 11. The Hall–Kier alpha value is -1.98. The molecule has 0 fully saturated rings. The predicted octanol–water partition coefficient (Wildman–Crippen LogP) is 5.22. The highest BCUT2D eigenvalue weighted by Crippen LogP contribution is 2.22. The minimum absolute atomic E-state index is 0.0491. The maximum atomic E-state index is 13.2. The van der Waals surface area contributed by atoms with Crippen LogP contribution in [0.15, 0.2) is 48.5 Å². The van der Waals surface area contributed by atoms with Crippen LogP contribution in [0.5, 0.6) is 0 Å². The molecule has 162 valence electrons. The maximum absolute atomic E-state index is 13.2. The second kappa shape index (κ2) is 12.7. The van der Waals surface area contributed by atoms with Gasteiger partial charge in [0.05, 0.1) is 5.75 Å². The van der Waals surface area contributed by atoms with E-state index in [1.807, 2.05) is 50.2 Å². The summed E-state index contributed by atoms with van der Waals surface area (Å²) in [6.45, 7) is 6.94. The molecule has 2 rings (SSSR count). The van der Waals surface area contributed by atoms with Gasteiger partial charge < -0.3 is 10.2 Å². The molecule has 4 nitrogen and oxygen atoms in total. The van der Waals surface area contributed by atoms with Gasteiger partial charge in [0, 0.05) is 23.9 Å². The summed E-state index contributed by atoms with van der Waals surface area (Å²) in [4.78, 5) is 27.6. The van der Waals surface area contributed by atoms with E-state index >= 15 is 0 Å². The Morgan fingerprint density at radius 3 is 2.37 bits per heavy atom. The summed E-state index contributed by atoms with van der Waals surface area (Å²) in [5.74, 6) is 0.920. The van der Waals surface area contributed by atoms with Crippen molar-refractivity contribution >= 4 is 35.2 Å². The first kappa shape index (κ1) is 24.3. The number of thioether (sulfide) groups is 1. The van der Waals surface area contributed by atoms with Crippen LogP contribution < -0.4 is 5.32 Å². The van der Waals surface area contributed by atoms with Gasteiger partial charge in [-0.25, -0.2) is 0 Å². The van der Waals surface area contributed by atoms with Crippen molar-refractivity contribution in [1.82, 2.24) is 10.2 Å². The molecule has 0 saturated heterocycles. The van der Waals surface area contributed by atoms with Gasteiger partial charge in [-0.15, -0.1) is 11.8 Å². The third-order valence-electron chi connectivity index (χ3n) is 4.98. The summed E-state index contributed by atoms with van der Waals surface area (Å²) < 4.78 is 0. The lowest BCUT2D eigenvalue weighted by molar-refractivity contribution is -0.139. The minimum Gasteiger partial charge on any atom is -0.354 e. The molecule has 1 unspecified atom stereocenters. The fourth-order valence-electron chi connectivity index (χ4n) is 3.20. The number of hydrogen-bond donors (Lipinski definition) is 1. The van der Waals surface area contributed by atoms with Crippen LogP contribution in [0.4, 0.5) is 0 Å². The molecule has 6 heteroatoms. The summed E-state index contributed by atoms with van der Waals surface area (Å²) in [6, 6.07) is 15.1. The Labute approximate surface area is 189 Å². The van der Waals surface area contributed by atoms with Crippen molar-refractivity contribution in [3.8, 4) is 0 Å². The topological polar surface area (TPSA) is 49.4 Å². The van der Waals surface area contributed by atoms with Gasteiger partial charge >= 0.3 is 0 Å². The summed E-state index contributed by atoms with van der Waals surface area (Å²) in [7, 11) is 0. The largest absolute Gasteiger partial charge is 0.354 e. The van der Waals surface area contributed by atoms with E-state index in [9.17, 15) is 9.59 Å². The van der Waals surface area contributed by atoms with Crippen LogP contribution >= 0.6 is 23.4 Å². The fourth-order valence-corrected chi connectivity index (χ4v) is 4.38. The Balaban J connectivity index is 2.14. The highest BCUT2D eigenvalue weighted by Gasteiger charge is 2.28. The Morgan fingerprint density at radius 1 is 1.07 bits per heavy atom. The first-order chi connectivity index (χ1) is 14.5. The molecule has 2 aromatic carbocycles. The van der Waals surface area contributed by atoms with Crippen LogP contribution in [0.2, 0.25) is 5.02 Å². The molecule has 0 saturated carbocycles. The van der Waals surface area contributed by atoms with Crippen LogP contribution in [0.3, 0.4) is 0 Å². The van der Waals surface area contributed by atoms with Crippen LogP contribution in [0.25, 0.3) is 0 Å². The SMILES string of the molecule is CCCNC(=O)C(CC)N(Cc1ccccc1Cl)C(=O)CSCc1ccccc1C. The van der Waals surface area contributed by atoms with Gasteiger partial charge in [-0.1, -0.05) is 67.9 Å². The molecule has 0 heterocycles. The Bertz CT molecular complexity index is 843. The standard InChI is InChI=1S/C24H31ClN2O2S/c1-4-14-26-24(29)22(5-2)27(15-19-11-8-9-13-21(19)25)23(28)17-30-16-20-12-7-6-10-18(20)3/h6-13,22H,4-5,14-17H2,1-3H3,(H,26,29). The zero-order chi connectivity index (χ0) is 21.9. The first-order valence-electron chi connectivity index (χ1n) is 10.4. The second-order valence-electron chi connectivity index (χ2n) is 7.25. The monoisotopic (exact) mass is 446 g/mol. The van der Waals surface area contributed by atoms with E-state index in [1.165, 1.54) is 11.1 Å². The molecule has 2 amide bonds. The van der Waals surface area contributed by atoms with Crippen LogP contribution in [-0.2, 0) is 21.9 Å². The van der Waals surface area contributed by atoms with Crippen molar-refractivity contribution in [1.29, 1.82) is 0 Å². The zero-order valence-corrected chi connectivity index (χ0v) is 19.6. The van der Waals surface area contributed by atoms with Gasteiger partial charge in [0.25, 0.3) is 0 Å². The number of nitrogens with zero attached hydrogens (tertiary/aromatic N) is 1. The quantitative estimate of drug-likeness (QED) is 0.515. The highest BCUT2D eigenvalue weighted by atomic mass is 35.5. The van der Waals surface area contributed by atoms with E-state index in [4.69, 9.17) is 11.6 Å². The molecule has 0 aliphatic rings. The summed E-state index contributed by atoms with van der Waals surface area (Å²) in [6.07, 6.45) is 1.40. The molecule has 0 bridgehead atoms. The van der Waals surface area contributed by atoms with Crippen molar-refractivity contribution in [2.75, 3.05) is 12.3 Å². The van der Waals surface area contributed by atoms with Crippen molar-refractivity contribution < 1.29 is 9.59 Å². The van der Waals surface area contributed by atoms with E-state index in [1.54, 1.807) is 16.7 Å². The van der Waals surface area contributed by atoms with E-state index in [-0.39, 0.29) is 11.8 Å². The van der Waals surface area contributed by atoms with E-state index in [0.29, 0.717) is 30.3 Å². The van der Waals surface area contributed by atoms with Gasteiger partial charge in [-0.3, -0.25) is 9.59 Å². The van der Waals surface area contributed by atoms with E-state index in [0.717, 1.165) is 17.7 Å². The average molecular weight is 447 g/mol. The number of halogens is 1. The lowest BCUT2D eigenvalue weighted by Gasteiger charge is -2.31. The number of nitrogens with one attached hydrogen (secondary N) is 1. The molecule has 1 N–H and O–H groups in total. The zero-order valence-electron chi connectivity index (χ0n) is 18.0. The number of benzene rings is 2. The number of aryl methyl sites for hydroxylation is 1. The van der Waals surface area contributed by atoms with Crippen molar-refractivity contribution in [3.05, 3.63) is 70.2 Å². The van der Waals surface area contributed by atoms with Crippen molar-refractivity contribution in [3.63, 3.8) is 0 Å². The van der Waals surface area contributed by atoms with Crippen molar-refractivity contribution in [2.45, 2.75) is 52.0 Å². The van der Waals surface area contributed by atoms with E-state index < -0.39 is 6.04 Å². The van der Waals surface area contributed by atoms with Crippen molar-refractivity contribution in [2.24, 2.45) is 0 Å². The number of carbonyl (C=O) groups excluding carboxylic acids is 2. The summed E-state index contributed by atoms with van der Waals surface area (Å²) in [5.41, 5.74) is 3.29. The van der Waals surface area contributed by atoms with Crippen LogP contribution in [0, 0.1) is 6.92 Å². The molecular weight excluding hydrogens is 416 g/mol. The van der Waals surface area contributed by atoms with Gasteiger partial charge in [0.2, 0.25) is 11.8 Å². The Morgan fingerprint density at radius 2 is 1.73 bits per heavy atom. The van der Waals surface area contributed by atoms with Gasteiger partial charge in [-0.2, -0.15) is 0 Å². The number of amides is 2. The molecule has 2 aromatic rings. The average Bonchev–Trinajstić information content (AvgIpc) is 2.74. The summed E-state index contributed by atoms with van der Waals surface area (Å²) >= 11 is 7.92. The molecule has 0 spiro atoms. The number of hydrogen-bond acceptors (Lipinski definition) is 3. The summed E-state index contributed by atoms with van der Waals surface area (Å²) in [5, 5.41) is 3.54. The number of carbonyl (C=O) groups is 2. The van der Waals surface area contributed by atoms with Crippen LogP contribution in [0.1, 0.15) is 43.4 Å². The molecule has 1 atom stereocenters. The van der Waals surface area contributed by atoms with E-state index in [2.05, 4.69) is 24.4 Å². The fraction of sp³-hybridized carbons (Fsp3) is 0.417. The lowest BCUT2D eigenvalue weighted by atomic mass is 10.1. The van der Waals surface area contributed by atoms with Gasteiger partial charge in [0.1, 0.15) is 6.04 Å². The third-order valence-corrected chi connectivity index (χ3v) is 6.31.